The molecule has 1 aromatic rings. The van der Waals surface area contributed by atoms with Gasteiger partial charge in [0, 0.05) is 20.2 Å². The molecule has 7 nitrogen and oxygen atoms in total. The Morgan fingerprint density at radius 3 is 2.92 bits per heavy atom. The van der Waals surface area contributed by atoms with E-state index in [1.807, 2.05) is 13.8 Å². The molecule has 2 N–H and O–H groups in total. The normalized spacial score (nSPS) is 18.4. The number of aryl methyl sites for hydroxylation is 1. The molecule has 9 heteroatoms. The van der Waals surface area contributed by atoms with Gasteiger partial charge in [-0.2, -0.15) is 0 Å². The quantitative estimate of drug-likeness (QED) is 0.281. The van der Waals surface area contributed by atoms with Crippen LogP contribution in [0.2, 0.25) is 0 Å². The van der Waals surface area contributed by atoms with Crippen molar-refractivity contribution in [3.05, 3.63) is 15.6 Å². The van der Waals surface area contributed by atoms with Crippen LogP contribution in [0.25, 0.3) is 0 Å². The molecule has 0 bridgehead atoms. The fraction of sp³-hybridized carbons (Fsp3) is 0.688. The van der Waals surface area contributed by atoms with Gasteiger partial charge >= 0.3 is 5.97 Å². The van der Waals surface area contributed by atoms with Crippen LogP contribution in [0.4, 0.5) is 0 Å². The van der Waals surface area contributed by atoms with Crippen LogP contribution in [0.5, 0.6) is 0 Å². The Balaban J connectivity index is 0.00000312. The first-order valence-electron chi connectivity index (χ1n) is 8.28. The predicted octanol–water partition coefficient (Wildman–Crippen LogP) is 2.65. The van der Waals surface area contributed by atoms with Crippen LogP contribution in [0.15, 0.2) is 4.99 Å². The second kappa shape index (κ2) is 10.9. The third-order valence-electron chi connectivity index (χ3n) is 3.74. The molecule has 1 aliphatic rings. The van der Waals surface area contributed by atoms with Crippen molar-refractivity contribution < 1.29 is 14.3 Å². The highest BCUT2D eigenvalue weighted by Gasteiger charge is 2.21. The van der Waals surface area contributed by atoms with Crippen molar-refractivity contribution in [3.8, 4) is 0 Å². The molecule has 0 spiro atoms. The number of guanidine groups is 1. The van der Waals surface area contributed by atoms with E-state index in [9.17, 15) is 4.79 Å². The highest BCUT2D eigenvalue weighted by atomic mass is 127. The van der Waals surface area contributed by atoms with Crippen molar-refractivity contribution >= 4 is 47.2 Å². The molecule has 2 unspecified atom stereocenters. The molecule has 0 saturated carbocycles. The molecule has 1 aromatic heterocycles. The van der Waals surface area contributed by atoms with E-state index in [0.717, 1.165) is 31.0 Å². The Labute approximate surface area is 170 Å². The maximum absolute atomic E-state index is 11.9. The van der Waals surface area contributed by atoms with Gasteiger partial charge in [-0.3, -0.25) is 4.99 Å². The molecule has 2 rings (SSSR count). The zero-order valence-electron chi connectivity index (χ0n) is 15.1. The Hall–Kier alpha value is -0.940. The third-order valence-corrected chi connectivity index (χ3v) is 5.06. The number of nitrogens with zero attached hydrogens (tertiary/aromatic N) is 2. The van der Waals surface area contributed by atoms with E-state index >= 15 is 0 Å². The van der Waals surface area contributed by atoms with Gasteiger partial charge in [-0.25, -0.2) is 9.78 Å². The van der Waals surface area contributed by atoms with Crippen LogP contribution in [0, 0.1) is 6.92 Å². The van der Waals surface area contributed by atoms with Crippen LogP contribution in [-0.4, -0.2) is 49.8 Å². The van der Waals surface area contributed by atoms with E-state index in [4.69, 9.17) is 9.47 Å². The molecule has 1 fully saturated rings. The van der Waals surface area contributed by atoms with Crippen molar-refractivity contribution in [2.24, 2.45) is 4.99 Å². The zero-order valence-corrected chi connectivity index (χ0v) is 18.3. The number of rotatable bonds is 6. The summed E-state index contributed by atoms with van der Waals surface area (Å²) in [4.78, 5) is 21.2. The first kappa shape index (κ1) is 22.1. The number of ether oxygens (including phenoxy) is 2. The van der Waals surface area contributed by atoms with Gasteiger partial charge in [0.1, 0.15) is 9.88 Å². The number of aromatic nitrogens is 1. The summed E-state index contributed by atoms with van der Waals surface area (Å²) in [6.45, 7) is 7.54. The predicted molar refractivity (Wildman–Crippen MR) is 110 cm³/mol. The van der Waals surface area contributed by atoms with E-state index in [-0.39, 0.29) is 42.1 Å². The molecular formula is C16H27IN4O3S. The van der Waals surface area contributed by atoms with Crippen LogP contribution < -0.4 is 10.6 Å². The summed E-state index contributed by atoms with van der Waals surface area (Å²) in [5.41, 5.74) is 0.699. The molecule has 0 aliphatic carbocycles. The second-order valence-corrected chi connectivity index (χ2v) is 6.67. The largest absolute Gasteiger partial charge is 0.462 e. The Morgan fingerprint density at radius 2 is 2.32 bits per heavy atom. The smallest absolute Gasteiger partial charge is 0.350 e. The van der Waals surface area contributed by atoms with Gasteiger partial charge in [0.05, 0.1) is 24.4 Å². The van der Waals surface area contributed by atoms with Gasteiger partial charge in [0.2, 0.25) is 0 Å². The second-order valence-electron chi connectivity index (χ2n) is 5.64. The number of aliphatic imine (C=N–C) groups is 1. The number of nitrogens with one attached hydrogen (secondary N) is 2. The summed E-state index contributed by atoms with van der Waals surface area (Å²) < 4.78 is 10.7. The fourth-order valence-corrected chi connectivity index (χ4v) is 3.43. The highest BCUT2D eigenvalue weighted by molar-refractivity contribution is 14.0. The molecule has 0 aromatic carbocycles. The monoisotopic (exact) mass is 482 g/mol. The number of halogens is 1. The lowest BCUT2D eigenvalue weighted by Gasteiger charge is -2.18. The standard InChI is InChI=1S/C16H26N4O3S.HI/c1-5-22-15(21)13-10(2)19-14(24-13)11(3)20-16(17-4)18-9-12-7-6-8-23-12;/h11-12H,5-9H2,1-4H3,(H2,17,18,20);1H. The molecule has 25 heavy (non-hydrogen) atoms. The van der Waals surface area contributed by atoms with Gasteiger partial charge in [-0.1, -0.05) is 0 Å². The number of carbonyl (C=O) groups is 1. The van der Waals surface area contributed by atoms with Gasteiger partial charge in [-0.15, -0.1) is 35.3 Å². The van der Waals surface area contributed by atoms with Gasteiger partial charge < -0.3 is 20.1 Å². The lowest BCUT2D eigenvalue weighted by Crippen LogP contribution is -2.42. The molecule has 1 aliphatic heterocycles. The van der Waals surface area contributed by atoms with Crippen molar-refractivity contribution in [1.29, 1.82) is 0 Å². The summed E-state index contributed by atoms with van der Waals surface area (Å²) >= 11 is 1.36. The van der Waals surface area contributed by atoms with E-state index in [1.165, 1.54) is 11.3 Å². The fourth-order valence-electron chi connectivity index (χ4n) is 2.47. The molecule has 0 amide bonds. The highest BCUT2D eigenvalue weighted by Crippen LogP contribution is 2.24. The molecule has 2 heterocycles. The molecule has 1 saturated heterocycles. The van der Waals surface area contributed by atoms with Crippen LogP contribution in [0.1, 0.15) is 53.1 Å². The number of esters is 1. The first-order valence-corrected chi connectivity index (χ1v) is 9.10. The minimum atomic E-state index is -0.313. The lowest BCUT2D eigenvalue weighted by molar-refractivity contribution is 0.0531. The third kappa shape index (κ3) is 6.37. The molecular weight excluding hydrogens is 455 g/mol. The van der Waals surface area contributed by atoms with E-state index in [2.05, 4.69) is 20.6 Å². The van der Waals surface area contributed by atoms with E-state index in [1.54, 1.807) is 14.0 Å². The van der Waals surface area contributed by atoms with Crippen LogP contribution >= 0.6 is 35.3 Å². The van der Waals surface area contributed by atoms with Crippen LogP contribution in [0.3, 0.4) is 0 Å². The van der Waals surface area contributed by atoms with Crippen molar-refractivity contribution in [1.82, 2.24) is 15.6 Å². The van der Waals surface area contributed by atoms with E-state index < -0.39 is 0 Å². The van der Waals surface area contributed by atoms with Gasteiger partial charge in [0.15, 0.2) is 5.96 Å². The molecule has 2 atom stereocenters. The van der Waals surface area contributed by atoms with Crippen molar-refractivity contribution in [2.45, 2.75) is 45.8 Å². The van der Waals surface area contributed by atoms with Crippen molar-refractivity contribution in [3.63, 3.8) is 0 Å². The maximum Gasteiger partial charge on any atom is 0.350 e. The molecule has 0 radical (unpaired) electrons. The summed E-state index contributed by atoms with van der Waals surface area (Å²) in [5.74, 6) is 0.385. The SMILES string of the molecule is CCOC(=O)c1sc(C(C)NC(=NC)NCC2CCCO2)nc1C.I. The first-order chi connectivity index (χ1) is 11.5. The van der Waals surface area contributed by atoms with Gasteiger partial charge in [-0.05, 0) is 33.6 Å². The number of thiazole rings is 1. The number of carbonyl (C=O) groups excluding carboxylic acids is 1. The number of hydrogen-bond donors (Lipinski definition) is 2. The number of hydrogen-bond acceptors (Lipinski definition) is 6. The average molecular weight is 482 g/mol. The van der Waals surface area contributed by atoms with Crippen molar-refractivity contribution in [2.75, 3.05) is 26.8 Å². The zero-order chi connectivity index (χ0) is 17.5. The maximum atomic E-state index is 11.9. The Kier molecular flexibility index (Phi) is 9.65. The summed E-state index contributed by atoms with van der Waals surface area (Å²) in [6, 6.07) is -0.0624. The minimum Gasteiger partial charge on any atom is -0.462 e. The average Bonchev–Trinajstić information content (AvgIpc) is 3.20. The van der Waals surface area contributed by atoms with Gasteiger partial charge in [0.25, 0.3) is 0 Å². The van der Waals surface area contributed by atoms with E-state index in [0.29, 0.717) is 23.1 Å². The Bertz CT molecular complexity index is 588. The molecule has 142 valence electrons. The lowest BCUT2D eigenvalue weighted by atomic mass is 10.2. The Morgan fingerprint density at radius 1 is 1.56 bits per heavy atom. The summed E-state index contributed by atoms with van der Waals surface area (Å²) in [7, 11) is 1.73. The summed E-state index contributed by atoms with van der Waals surface area (Å²) in [5, 5.41) is 7.40. The van der Waals surface area contributed by atoms with Crippen LogP contribution in [-0.2, 0) is 9.47 Å². The topological polar surface area (TPSA) is 84.8 Å². The minimum absolute atomic E-state index is 0. The summed E-state index contributed by atoms with van der Waals surface area (Å²) in [6.07, 6.45) is 2.44.